The van der Waals surface area contributed by atoms with Crippen LogP contribution in [-0.2, 0) is 31.4 Å². The minimum atomic E-state index is -6.48. The maximum absolute atomic E-state index is 12.7. The van der Waals surface area contributed by atoms with Crippen molar-refractivity contribution in [1.82, 2.24) is 0 Å². The van der Waals surface area contributed by atoms with E-state index in [2.05, 4.69) is 0 Å². The van der Waals surface area contributed by atoms with Gasteiger partial charge < -0.3 is 9.23 Å². The Morgan fingerprint density at radius 1 is 1.29 bits per heavy atom. The first-order valence-electron chi connectivity index (χ1n) is 2.94. The molecule has 0 aromatic rings. The molecule has 0 bridgehead atoms. The van der Waals surface area contributed by atoms with Gasteiger partial charge in [0.15, 0.2) is 16.2 Å². The van der Waals surface area contributed by atoms with Crippen molar-refractivity contribution in [3.63, 3.8) is 0 Å². The monoisotopic (exact) mass is 320 g/mol. The molecule has 15 heteroatoms. The van der Waals surface area contributed by atoms with Gasteiger partial charge in [-0.2, -0.15) is 21.1 Å². The number of hydrogen-bond donors (Lipinski definition) is 0. The number of halogens is 4. The molecular formula is C2F4N2O6S3-2. The first-order valence-corrected chi connectivity index (χ1v) is 6.83. The smallest absolute Gasteiger partial charge is 0.450 e. The highest BCUT2D eigenvalue weighted by molar-refractivity contribution is 8.16. The van der Waals surface area contributed by atoms with E-state index in [1.807, 2.05) is 0 Å². The van der Waals surface area contributed by atoms with E-state index in [1.54, 1.807) is 0 Å². The van der Waals surface area contributed by atoms with Gasteiger partial charge in [-0.05, 0) is 0 Å². The number of hydrogen-bond acceptors (Lipinski definition) is 6. The van der Waals surface area contributed by atoms with Crippen molar-refractivity contribution in [2.24, 2.45) is 4.40 Å². The molecule has 1 unspecified atom stereocenters. The summed E-state index contributed by atoms with van der Waals surface area (Å²) >= 11 is -4.16. The molecule has 0 aliphatic rings. The normalized spacial score (nSPS) is 16.8. The van der Waals surface area contributed by atoms with E-state index >= 15 is 0 Å². The van der Waals surface area contributed by atoms with Crippen molar-refractivity contribution in [2.75, 3.05) is 0 Å². The summed E-state index contributed by atoms with van der Waals surface area (Å²) in [5.41, 5.74) is 0. The summed E-state index contributed by atoms with van der Waals surface area (Å²) < 4.78 is 96.6. The van der Waals surface area contributed by atoms with Crippen LogP contribution in [0.5, 0.6) is 0 Å². The first kappa shape index (κ1) is 16.2. The summed E-state index contributed by atoms with van der Waals surface area (Å²) in [4.78, 5) is 0. The van der Waals surface area contributed by atoms with Crippen LogP contribution in [0.15, 0.2) is 4.40 Å². The van der Waals surface area contributed by atoms with Gasteiger partial charge in [-0.3, -0.25) is 0 Å². The topological polar surface area (TPSA) is 135 Å². The van der Waals surface area contributed by atoms with E-state index in [0.717, 1.165) is 0 Å². The molecule has 0 N–H and O–H groups in total. The highest BCUT2D eigenvalue weighted by Crippen LogP contribution is 2.34. The SMILES string of the molecule is O=S(F)[N-]S(=O)(=O)C(F)(F)S(=O)(=O)/N=C(\[O-])F. The molecule has 0 aliphatic carbocycles. The fourth-order valence-corrected chi connectivity index (χ4v) is 3.11. The molecule has 8 nitrogen and oxygen atoms in total. The summed E-state index contributed by atoms with van der Waals surface area (Å²) in [5.74, 6) is 0. The summed E-state index contributed by atoms with van der Waals surface area (Å²) in [6, 6.07) is 0. The maximum Gasteiger partial charge on any atom is 0.450 e. The number of rotatable bonds is 5. The van der Waals surface area contributed by atoms with E-state index in [-0.39, 0.29) is 0 Å². The Hall–Kier alpha value is -0.800. The average Bonchev–Trinajstić information content (AvgIpc) is 1.97. The Balaban J connectivity index is 5.74. The summed E-state index contributed by atoms with van der Waals surface area (Å²) in [7, 11) is -12.9. The quantitative estimate of drug-likeness (QED) is 0.270. The lowest BCUT2D eigenvalue weighted by Crippen LogP contribution is -2.37. The number of sulfonamides is 2. The minimum absolute atomic E-state index is 1.21. The second-order valence-electron chi connectivity index (χ2n) is 2.04. The molecule has 0 heterocycles. The molecule has 0 amide bonds. The molecule has 0 fully saturated rings. The standard InChI is InChI=1S/C2HF4N2O6S3/c3-1(9)7-16(11,12)2(4,5)17(13,14)8-15(6)10/h(H,7,9)/q-1/p-1. The van der Waals surface area contributed by atoms with Crippen molar-refractivity contribution in [1.29, 1.82) is 0 Å². The first-order chi connectivity index (χ1) is 7.33. The van der Waals surface area contributed by atoms with E-state index in [1.165, 1.54) is 8.53 Å². The molecule has 102 valence electrons. The Morgan fingerprint density at radius 2 is 1.71 bits per heavy atom. The third kappa shape index (κ3) is 3.58. The van der Waals surface area contributed by atoms with Gasteiger partial charge in [-0.15, -0.1) is 4.40 Å². The molecule has 0 radical (unpaired) electrons. The second kappa shape index (κ2) is 4.83. The van der Waals surface area contributed by atoms with Crippen LogP contribution in [0.4, 0.5) is 17.1 Å². The van der Waals surface area contributed by atoms with Gasteiger partial charge in [0.1, 0.15) is 11.4 Å². The van der Waals surface area contributed by atoms with E-state index in [9.17, 15) is 43.2 Å². The lowest BCUT2D eigenvalue weighted by molar-refractivity contribution is -0.232. The van der Waals surface area contributed by atoms with Crippen LogP contribution in [-0.4, -0.2) is 31.8 Å². The Labute approximate surface area is 94.3 Å². The highest BCUT2D eigenvalue weighted by Gasteiger charge is 2.54. The number of nitrogens with zero attached hydrogens (tertiary/aromatic N) is 2. The predicted octanol–water partition coefficient (Wildman–Crippen LogP) is -1.20. The van der Waals surface area contributed by atoms with Crippen molar-refractivity contribution in [3.05, 3.63) is 4.13 Å². The lowest BCUT2D eigenvalue weighted by Gasteiger charge is -2.21. The van der Waals surface area contributed by atoms with Crippen LogP contribution in [0.2, 0.25) is 0 Å². The molecule has 0 saturated heterocycles. The van der Waals surface area contributed by atoms with Crippen LogP contribution in [0.3, 0.4) is 0 Å². The largest absolute Gasteiger partial charge is 0.836 e. The van der Waals surface area contributed by atoms with Gasteiger partial charge in [0.05, 0.1) is 0 Å². The van der Waals surface area contributed by atoms with Gasteiger partial charge >= 0.3 is 14.6 Å². The summed E-state index contributed by atoms with van der Waals surface area (Å²) in [6.07, 6.45) is -3.12. The van der Waals surface area contributed by atoms with Crippen LogP contribution in [0.25, 0.3) is 4.13 Å². The van der Waals surface area contributed by atoms with Crippen LogP contribution in [0, 0.1) is 0 Å². The van der Waals surface area contributed by atoms with Gasteiger partial charge in [0, 0.05) is 0 Å². The van der Waals surface area contributed by atoms with Crippen LogP contribution < -0.4 is 5.11 Å². The Kier molecular flexibility index (Phi) is 4.60. The molecule has 17 heavy (non-hydrogen) atoms. The molecule has 0 saturated carbocycles. The molecule has 0 aliphatic heterocycles. The fraction of sp³-hybridized carbons (Fsp3) is 0.500. The zero-order valence-corrected chi connectivity index (χ0v) is 9.53. The number of alkyl halides is 2. The van der Waals surface area contributed by atoms with E-state index in [0.29, 0.717) is 0 Å². The molecule has 0 spiro atoms. The van der Waals surface area contributed by atoms with Crippen LogP contribution >= 0.6 is 0 Å². The molecule has 0 aromatic carbocycles. The van der Waals surface area contributed by atoms with Crippen LogP contribution in [0.1, 0.15) is 0 Å². The zero-order valence-electron chi connectivity index (χ0n) is 7.08. The second-order valence-corrected chi connectivity index (χ2v) is 6.41. The van der Waals surface area contributed by atoms with Crippen molar-refractivity contribution in [3.8, 4) is 0 Å². The fourth-order valence-electron chi connectivity index (χ4n) is 0.401. The molecule has 1 atom stereocenters. The van der Waals surface area contributed by atoms with Crippen molar-refractivity contribution < 1.29 is 43.2 Å². The molecule has 0 aromatic heterocycles. The Morgan fingerprint density at radius 3 is 2.00 bits per heavy atom. The predicted molar refractivity (Wildman–Crippen MR) is 43.9 cm³/mol. The van der Waals surface area contributed by atoms with Crippen molar-refractivity contribution >= 4 is 37.6 Å². The van der Waals surface area contributed by atoms with Gasteiger partial charge in [0.2, 0.25) is 0 Å². The van der Waals surface area contributed by atoms with Crippen molar-refractivity contribution in [2.45, 2.75) is 4.59 Å². The highest BCUT2D eigenvalue weighted by atomic mass is 32.3. The zero-order chi connectivity index (χ0) is 14.1. The Bertz CT molecular complexity index is 546. The third-order valence-electron chi connectivity index (χ3n) is 0.949. The lowest BCUT2D eigenvalue weighted by atomic mass is 11.5. The van der Waals surface area contributed by atoms with Gasteiger partial charge in [-0.1, -0.05) is 0 Å². The van der Waals surface area contributed by atoms with E-state index in [4.69, 9.17) is 0 Å². The molecule has 0 rings (SSSR count). The average molecular weight is 320 g/mol. The summed E-state index contributed by atoms with van der Waals surface area (Å²) in [6.45, 7) is 0. The molecular weight excluding hydrogens is 320 g/mol. The summed E-state index contributed by atoms with van der Waals surface area (Å²) in [5, 5.41) is 9.55. The van der Waals surface area contributed by atoms with E-state index < -0.39 is 42.2 Å². The maximum atomic E-state index is 12.7. The third-order valence-corrected chi connectivity index (χ3v) is 5.05. The van der Waals surface area contributed by atoms with Gasteiger partial charge in [0.25, 0.3) is 0 Å². The minimum Gasteiger partial charge on any atom is -0.836 e. The van der Waals surface area contributed by atoms with Gasteiger partial charge in [-0.25, -0.2) is 17.0 Å².